The minimum Gasteiger partial charge on any atom is -0.507 e. The van der Waals surface area contributed by atoms with Gasteiger partial charge in [-0.05, 0) is 52.9 Å². The topological polar surface area (TPSA) is 58.9 Å². The third-order valence-electron chi connectivity index (χ3n) is 7.80. The van der Waals surface area contributed by atoms with Gasteiger partial charge < -0.3 is 5.11 Å². The number of aromatic hydroxyl groups is 1. The van der Waals surface area contributed by atoms with Gasteiger partial charge in [-0.1, -0.05) is 133 Å². The van der Waals surface area contributed by atoms with Gasteiger partial charge in [-0.2, -0.15) is 0 Å². The maximum Gasteiger partial charge on any atom is 0.164 e. The van der Waals surface area contributed by atoms with E-state index in [1.54, 1.807) is 6.07 Å². The van der Waals surface area contributed by atoms with Crippen LogP contribution in [0.2, 0.25) is 0 Å². The number of aromatic nitrogens is 3. The first-order chi connectivity index (χ1) is 21.1. The third-order valence-corrected chi connectivity index (χ3v) is 7.80. The number of hydrogen-bond donors (Lipinski definition) is 1. The Morgan fingerprint density at radius 3 is 2.00 bits per heavy atom. The monoisotopic (exact) mass is 555 g/mol. The van der Waals surface area contributed by atoms with Crippen molar-refractivity contribution in [3.8, 4) is 51.0 Å². The van der Waals surface area contributed by atoms with Crippen molar-refractivity contribution in [3.05, 3.63) is 151 Å². The molecule has 6 aromatic rings. The minimum atomic E-state index is 0.255. The largest absolute Gasteiger partial charge is 0.507 e. The van der Waals surface area contributed by atoms with Crippen molar-refractivity contribution in [1.29, 1.82) is 0 Å². The predicted molar refractivity (Wildman–Crippen MR) is 176 cm³/mol. The van der Waals surface area contributed by atoms with Gasteiger partial charge in [-0.3, -0.25) is 0 Å². The Kier molecular flexibility index (Phi) is 6.94. The van der Waals surface area contributed by atoms with Crippen LogP contribution in [0.1, 0.15) is 18.9 Å². The molecule has 0 saturated heterocycles. The van der Waals surface area contributed by atoms with Crippen molar-refractivity contribution < 1.29 is 5.11 Å². The van der Waals surface area contributed by atoms with Crippen molar-refractivity contribution in [2.45, 2.75) is 13.3 Å². The Morgan fingerprint density at radius 1 is 0.581 bits per heavy atom. The van der Waals surface area contributed by atoms with E-state index in [0.717, 1.165) is 50.6 Å². The summed E-state index contributed by atoms with van der Waals surface area (Å²) in [7, 11) is 0. The molecule has 0 spiro atoms. The fourth-order valence-electron chi connectivity index (χ4n) is 5.50. The fraction of sp³-hybridized carbons (Fsp3) is 0.0513. The van der Waals surface area contributed by atoms with Crippen LogP contribution in [0, 0.1) is 0 Å². The molecule has 0 radical (unpaired) electrons. The predicted octanol–water partition coefficient (Wildman–Crippen LogP) is 9.69. The summed E-state index contributed by atoms with van der Waals surface area (Å²) in [4.78, 5) is 14.8. The third kappa shape index (κ3) is 5.39. The van der Waals surface area contributed by atoms with E-state index in [1.807, 2.05) is 78.9 Å². The van der Waals surface area contributed by atoms with Gasteiger partial charge in [0.05, 0.1) is 0 Å². The van der Waals surface area contributed by atoms with Crippen LogP contribution < -0.4 is 0 Å². The smallest absolute Gasteiger partial charge is 0.164 e. The SMILES string of the molecule is CC1=CCC(c2cccc(-c3nc(-c4ccccc4)nc(-c4ccc(-c5c(O)ccc6ccccc56)cc4)n3)c2)=CC=C1. The van der Waals surface area contributed by atoms with E-state index in [1.165, 1.54) is 11.1 Å². The number of rotatable bonds is 5. The van der Waals surface area contributed by atoms with Crippen LogP contribution in [0.4, 0.5) is 0 Å². The normalized spacial score (nSPS) is 13.0. The molecule has 0 aliphatic heterocycles. The summed E-state index contributed by atoms with van der Waals surface area (Å²) in [5.74, 6) is 2.10. The molecule has 0 amide bonds. The van der Waals surface area contributed by atoms with E-state index >= 15 is 0 Å². The molecule has 5 aromatic carbocycles. The van der Waals surface area contributed by atoms with E-state index in [4.69, 9.17) is 15.0 Å². The Balaban J connectivity index is 1.31. The number of phenolic OH excluding ortho intramolecular Hbond substituents is 1. The van der Waals surface area contributed by atoms with Gasteiger partial charge >= 0.3 is 0 Å². The lowest BCUT2D eigenvalue weighted by Crippen LogP contribution is -2.00. The van der Waals surface area contributed by atoms with Crippen molar-refractivity contribution in [1.82, 2.24) is 15.0 Å². The zero-order chi connectivity index (χ0) is 29.2. The van der Waals surface area contributed by atoms with Crippen LogP contribution in [-0.4, -0.2) is 20.1 Å². The fourth-order valence-corrected chi connectivity index (χ4v) is 5.50. The van der Waals surface area contributed by atoms with Gasteiger partial charge in [0.1, 0.15) is 5.75 Å². The van der Waals surface area contributed by atoms with Gasteiger partial charge in [0, 0.05) is 22.3 Å². The number of fused-ring (bicyclic) bond motifs is 1. The second-order valence-electron chi connectivity index (χ2n) is 10.7. The first-order valence-electron chi connectivity index (χ1n) is 14.4. The van der Waals surface area contributed by atoms with Crippen molar-refractivity contribution in [2.75, 3.05) is 0 Å². The van der Waals surface area contributed by atoms with E-state index in [0.29, 0.717) is 17.5 Å². The lowest BCUT2D eigenvalue weighted by molar-refractivity contribution is 0.478. The van der Waals surface area contributed by atoms with Gasteiger partial charge in [0.15, 0.2) is 17.5 Å². The molecule has 0 bridgehead atoms. The number of allylic oxidation sites excluding steroid dienone is 6. The minimum absolute atomic E-state index is 0.255. The number of nitrogens with zero attached hydrogens (tertiary/aromatic N) is 3. The number of phenols is 1. The molecule has 4 nitrogen and oxygen atoms in total. The molecular formula is C39H29N3O. The summed E-state index contributed by atoms with van der Waals surface area (Å²) in [5, 5.41) is 12.9. The van der Waals surface area contributed by atoms with Crippen LogP contribution in [0.25, 0.3) is 61.6 Å². The average Bonchev–Trinajstić information content (AvgIpc) is 3.29. The lowest BCUT2D eigenvalue weighted by Gasteiger charge is -2.12. The molecular weight excluding hydrogens is 526 g/mol. The molecule has 43 heavy (non-hydrogen) atoms. The Morgan fingerprint density at radius 2 is 1.21 bits per heavy atom. The molecule has 1 N–H and O–H groups in total. The molecule has 1 heterocycles. The maximum absolute atomic E-state index is 10.8. The summed E-state index contributed by atoms with van der Waals surface area (Å²) >= 11 is 0. The molecule has 0 saturated carbocycles. The van der Waals surface area contributed by atoms with E-state index in [-0.39, 0.29) is 5.75 Å². The average molecular weight is 556 g/mol. The molecule has 0 fully saturated rings. The van der Waals surface area contributed by atoms with Crippen LogP contribution >= 0.6 is 0 Å². The van der Waals surface area contributed by atoms with Gasteiger partial charge in [-0.15, -0.1) is 0 Å². The molecule has 1 aliphatic carbocycles. The zero-order valence-corrected chi connectivity index (χ0v) is 23.8. The maximum atomic E-state index is 10.8. The van der Waals surface area contributed by atoms with Gasteiger partial charge in [0.25, 0.3) is 0 Å². The second-order valence-corrected chi connectivity index (χ2v) is 10.7. The summed E-state index contributed by atoms with van der Waals surface area (Å²) in [6.07, 6.45) is 9.54. The van der Waals surface area contributed by atoms with Crippen molar-refractivity contribution >= 4 is 16.3 Å². The molecule has 0 unspecified atom stereocenters. The van der Waals surface area contributed by atoms with Crippen LogP contribution in [0.5, 0.6) is 5.75 Å². The van der Waals surface area contributed by atoms with E-state index < -0.39 is 0 Å². The first kappa shape index (κ1) is 26.3. The Bertz CT molecular complexity index is 2050. The molecule has 7 rings (SSSR count). The summed E-state index contributed by atoms with van der Waals surface area (Å²) < 4.78 is 0. The van der Waals surface area contributed by atoms with Crippen molar-refractivity contribution in [2.24, 2.45) is 0 Å². The summed E-state index contributed by atoms with van der Waals surface area (Å²) in [6.45, 7) is 2.12. The van der Waals surface area contributed by atoms with Crippen LogP contribution in [0.3, 0.4) is 0 Å². The molecule has 206 valence electrons. The van der Waals surface area contributed by atoms with Crippen molar-refractivity contribution in [3.63, 3.8) is 0 Å². The lowest BCUT2D eigenvalue weighted by atomic mass is 9.96. The zero-order valence-electron chi connectivity index (χ0n) is 23.8. The van der Waals surface area contributed by atoms with Gasteiger partial charge in [0.2, 0.25) is 0 Å². The number of hydrogen-bond acceptors (Lipinski definition) is 4. The standard InChI is InChI=1S/C39H29N3O/c1-26-9-7-13-27(18-17-26)32-14-8-15-33(25-32)39-41-37(30-11-3-2-4-12-30)40-38(42-39)31-21-19-29(20-22-31)36-34-16-6-5-10-28(34)23-24-35(36)43/h2-17,19-25,43H,18H2,1H3. The molecule has 1 aliphatic rings. The van der Waals surface area contributed by atoms with E-state index in [9.17, 15) is 5.11 Å². The van der Waals surface area contributed by atoms with E-state index in [2.05, 4.69) is 61.6 Å². The highest BCUT2D eigenvalue weighted by Gasteiger charge is 2.15. The molecule has 1 aromatic heterocycles. The second kappa shape index (κ2) is 11.3. The summed E-state index contributed by atoms with van der Waals surface area (Å²) in [6, 6.07) is 38.3. The Hall–Kier alpha value is -5.61. The number of benzene rings is 5. The first-order valence-corrected chi connectivity index (χ1v) is 14.4. The summed E-state index contributed by atoms with van der Waals surface area (Å²) in [5.41, 5.74) is 8.14. The molecule has 0 atom stereocenters. The van der Waals surface area contributed by atoms with Crippen LogP contribution in [-0.2, 0) is 0 Å². The molecule has 4 heteroatoms. The van der Waals surface area contributed by atoms with Crippen LogP contribution in [0.15, 0.2) is 145 Å². The highest BCUT2D eigenvalue weighted by molar-refractivity contribution is 5.99. The Labute approximate surface area is 251 Å². The highest BCUT2D eigenvalue weighted by atomic mass is 16.3. The van der Waals surface area contributed by atoms with Gasteiger partial charge in [-0.25, -0.2) is 15.0 Å². The highest BCUT2D eigenvalue weighted by Crippen LogP contribution is 2.37. The quantitative estimate of drug-likeness (QED) is 0.230.